The van der Waals surface area contributed by atoms with Gasteiger partial charge in [0.2, 0.25) is 5.91 Å². The maximum absolute atomic E-state index is 11.9. The number of carbonyl (C=O) groups excluding carboxylic acids is 2. The quantitative estimate of drug-likeness (QED) is 0.635. The highest BCUT2D eigenvalue weighted by Gasteiger charge is 2.05. The monoisotopic (exact) mass is 299 g/mol. The summed E-state index contributed by atoms with van der Waals surface area (Å²) >= 11 is 0. The van der Waals surface area contributed by atoms with Gasteiger partial charge in [0.25, 0.3) is 5.91 Å². The van der Waals surface area contributed by atoms with E-state index in [4.69, 9.17) is 4.42 Å². The summed E-state index contributed by atoms with van der Waals surface area (Å²) in [7, 11) is 0. The average molecular weight is 299 g/mol. The molecule has 2 rings (SSSR count). The smallest absolute Gasteiger partial charge is 0.271 e. The van der Waals surface area contributed by atoms with Crippen LogP contribution in [0.3, 0.4) is 0 Å². The van der Waals surface area contributed by atoms with Crippen LogP contribution in [0.5, 0.6) is 0 Å². The molecule has 0 radical (unpaired) electrons. The molecular formula is C16H17N3O3. The number of furan rings is 1. The average Bonchev–Trinajstić information content (AvgIpc) is 3.01. The van der Waals surface area contributed by atoms with Gasteiger partial charge in [0.1, 0.15) is 5.76 Å². The molecule has 0 saturated heterocycles. The topological polar surface area (TPSA) is 83.7 Å². The first-order valence-corrected chi connectivity index (χ1v) is 6.96. The third-order valence-electron chi connectivity index (χ3n) is 2.81. The number of rotatable bonds is 6. The highest BCUT2D eigenvalue weighted by atomic mass is 16.3. The van der Waals surface area contributed by atoms with Gasteiger partial charge in [-0.05, 0) is 42.8 Å². The Morgan fingerprint density at radius 3 is 2.64 bits per heavy atom. The third kappa shape index (κ3) is 4.59. The Morgan fingerprint density at radius 2 is 2.00 bits per heavy atom. The van der Waals surface area contributed by atoms with Gasteiger partial charge < -0.3 is 9.73 Å². The first-order valence-electron chi connectivity index (χ1n) is 6.96. The molecule has 114 valence electrons. The van der Waals surface area contributed by atoms with E-state index in [2.05, 4.69) is 15.8 Å². The molecule has 0 aliphatic rings. The van der Waals surface area contributed by atoms with Crippen LogP contribution in [0, 0.1) is 0 Å². The predicted molar refractivity (Wildman–Crippen MR) is 83.7 cm³/mol. The first-order chi connectivity index (χ1) is 10.7. The highest BCUT2D eigenvalue weighted by molar-refractivity contribution is 5.96. The standard InChI is InChI=1S/C16H17N3O3/c1-2-4-15(20)18-13-8-6-12(7-9-13)16(21)19-17-11-14-5-3-10-22-14/h3,5-11H,2,4H2,1H3,(H,18,20)(H,19,21)/b17-11+. The third-order valence-corrected chi connectivity index (χ3v) is 2.81. The minimum atomic E-state index is -0.339. The van der Waals surface area contributed by atoms with Crippen molar-refractivity contribution in [3.63, 3.8) is 0 Å². The molecular weight excluding hydrogens is 282 g/mol. The van der Waals surface area contributed by atoms with E-state index >= 15 is 0 Å². The Hall–Kier alpha value is -2.89. The second-order valence-electron chi connectivity index (χ2n) is 4.59. The molecule has 0 aliphatic carbocycles. The number of amides is 2. The van der Waals surface area contributed by atoms with Gasteiger partial charge in [0, 0.05) is 17.7 Å². The Kier molecular flexibility index (Phi) is 5.48. The fourth-order valence-electron chi connectivity index (χ4n) is 1.74. The molecule has 2 N–H and O–H groups in total. The van der Waals surface area contributed by atoms with E-state index in [1.807, 2.05) is 6.92 Å². The van der Waals surface area contributed by atoms with Gasteiger partial charge in [-0.2, -0.15) is 5.10 Å². The van der Waals surface area contributed by atoms with Gasteiger partial charge >= 0.3 is 0 Å². The van der Waals surface area contributed by atoms with E-state index in [0.29, 0.717) is 23.4 Å². The van der Waals surface area contributed by atoms with Crippen molar-refractivity contribution >= 4 is 23.7 Å². The Bertz CT molecular complexity index is 646. The van der Waals surface area contributed by atoms with Crippen LogP contribution in [0.25, 0.3) is 0 Å². The van der Waals surface area contributed by atoms with Gasteiger partial charge in [-0.15, -0.1) is 0 Å². The highest BCUT2D eigenvalue weighted by Crippen LogP contribution is 2.10. The number of hydrogen-bond acceptors (Lipinski definition) is 4. The molecule has 0 bridgehead atoms. The van der Waals surface area contributed by atoms with Crippen LogP contribution < -0.4 is 10.7 Å². The fraction of sp³-hybridized carbons (Fsp3) is 0.188. The zero-order valence-corrected chi connectivity index (χ0v) is 12.2. The van der Waals surface area contributed by atoms with E-state index in [0.717, 1.165) is 6.42 Å². The summed E-state index contributed by atoms with van der Waals surface area (Å²) < 4.78 is 5.05. The number of nitrogens with zero attached hydrogens (tertiary/aromatic N) is 1. The molecule has 0 atom stereocenters. The van der Waals surface area contributed by atoms with Crippen molar-refractivity contribution < 1.29 is 14.0 Å². The molecule has 0 spiro atoms. The first kappa shape index (κ1) is 15.5. The molecule has 1 aromatic heterocycles. The van der Waals surface area contributed by atoms with Crippen molar-refractivity contribution in [2.75, 3.05) is 5.32 Å². The van der Waals surface area contributed by atoms with Gasteiger partial charge in [0.15, 0.2) is 0 Å². The Balaban J connectivity index is 1.89. The second kappa shape index (κ2) is 7.78. The molecule has 0 saturated carbocycles. The lowest BCUT2D eigenvalue weighted by molar-refractivity contribution is -0.116. The maximum Gasteiger partial charge on any atom is 0.271 e. The van der Waals surface area contributed by atoms with Crippen molar-refractivity contribution in [3.8, 4) is 0 Å². The molecule has 22 heavy (non-hydrogen) atoms. The molecule has 0 unspecified atom stereocenters. The Morgan fingerprint density at radius 1 is 1.23 bits per heavy atom. The van der Waals surface area contributed by atoms with E-state index in [1.165, 1.54) is 12.5 Å². The van der Waals surface area contributed by atoms with Gasteiger partial charge in [-0.25, -0.2) is 5.43 Å². The molecule has 6 nitrogen and oxygen atoms in total. The summed E-state index contributed by atoms with van der Waals surface area (Å²) in [5.74, 6) is 0.172. The molecule has 6 heteroatoms. The lowest BCUT2D eigenvalue weighted by Crippen LogP contribution is -2.17. The van der Waals surface area contributed by atoms with Crippen LogP contribution in [0.15, 0.2) is 52.2 Å². The summed E-state index contributed by atoms with van der Waals surface area (Å²) in [5.41, 5.74) is 3.51. The lowest BCUT2D eigenvalue weighted by atomic mass is 10.2. The van der Waals surface area contributed by atoms with Crippen molar-refractivity contribution in [2.45, 2.75) is 19.8 Å². The van der Waals surface area contributed by atoms with E-state index in [-0.39, 0.29) is 11.8 Å². The number of nitrogens with one attached hydrogen (secondary N) is 2. The van der Waals surface area contributed by atoms with Crippen LogP contribution in [0.4, 0.5) is 5.69 Å². The van der Waals surface area contributed by atoms with Crippen molar-refractivity contribution in [2.24, 2.45) is 5.10 Å². The minimum Gasteiger partial charge on any atom is -0.463 e. The lowest BCUT2D eigenvalue weighted by Gasteiger charge is -2.05. The Labute approximate surface area is 128 Å². The van der Waals surface area contributed by atoms with Crippen LogP contribution in [0.2, 0.25) is 0 Å². The summed E-state index contributed by atoms with van der Waals surface area (Å²) in [6.45, 7) is 1.94. The number of benzene rings is 1. The van der Waals surface area contributed by atoms with E-state index in [1.54, 1.807) is 36.4 Å². The zero-order chi connectivity index (χ0) is 15.8. The molecule has 1 aromatic carbocycles. The summed E-state index contributed by atoms with van der Waals surface area (Å²) in [6, 6.07) is 10.1. The van der Waals surface area contributed by atoms with Crippen molar-refractivity contribution in [1.82, 2.24) is 5.43 Å². The molecule has 2 aromatic rings. The largest absolute Gasteiger partial charge is 0.463 e. The van der Waals surface area contributed by atoms with Crippen LogP contribution in [-0.4, -0.2) is 18.0 Å². The minimum absolute atomic E-state index is 0.0391. The van der Waals surface area contributed by atoms with Gasteiger partial charge in [-0.1, -0.05) is 6.92 Å². The summed E-state index contributed by atoms with van der Waals surface area (Å²) in [4.78, 5) is 23.3. The number of hydrazone groups is 1. The van der Waals surface area contributed by atoms with E-state index in [9.17, 15) is 9.59 Å². The zero-order valence-electron chi connectivity index (χ0n) is 12.2. The second-order valence-corrected chi connectivity index (χ2v) is 4.59. The molecule has 0 aliphatic heterocycles. The normalized spacial score (nSPS) is 10.6. The summed E-state index contributed by atoms with van der Waals surface area (Å²) in [5, 5.41) is 6.56. The molecule has 1 heterocycles. The molecule has 0 fully saturated rings. The van der Waals surface area contributed by atoms with Crippen molar-refractivity contribution in [1.29, 1.82) is 0 Å². The predicted octanol–water partition coefficient (Wildman–Crippen LogP) is 2.78. The fourth-order valence-corrected chi connectivity index (χ4v) is 1.74. The number of carbonyl (C=O) groups is 2. The number of hydrogen-bond donors (Lipinski definition) is 2. The van der Waals surface area contributed by atoms with Crippen molar-refractivity contribution in [3.05, 3.63) is 54.0 Å². The maximum atomic E-state index is 11.9. The van der Waals surface area contributed by atoms with Crippen LogP contribution >= 0.6 is 0 Å². The van der Waals surface area contributed by atoms with E-state index < -0.39 is 0 Å². The van der Waals surface area contributed by atoms with Crippen LogP contribution in [0.1, 0.15) is 35.9 Å². The number of anilines is 1. The summed E-state index contributed by atoms with van der Waals surface area (Å²) in [6.07, 6.45) is 4.20. The van der Waals surface area contributed by atoms with Gasteiger partial charge in [0.05, 0.1) is 12.5 Å². The molecule has 2 amide bonds. The van der Waals surface area contributed by atoms with Crippen LogP contribution in [-0.2, 0) is 4.79 Å². The van der Waals surface area contributed by atoms with Gasteiger partial charge in [-0.3, -0.25) is 9.59 Å². The SMILES string of the molecule is CCCC(=O)Nc1ccc(C(=O)N/N=C/c2ccco2)cc1.